The molecule has 0 aliphatic heterocycles. The molecule has 0 unspecified atom stereocenters. The zero-order valence-electron chi connectivity index (χ0n) is 12.7. The molecule has 6 heteroatoms. The minimum absolute atomic E-state index is 0.0188. The van der Waals surface area contributed by atoms with Crippen LogP contribution in [0.2, 0.25) is 5.02 Å². The molecule has 2 aromatic rings. The second-order valence-corrected chi connectivity index (χ2v) is 5.65. The fraction of sp³-hybridized carbons (Fsp3) is 0.176. The van der Waals surface area contributed by atoms with Crippen LogP contribution in [0.15, 0.2) is 42.5 Å². The Morgan fingerprint density at radius 1 is 1.13 bits per heavy atom. The first-order valence-corrected chi connectivity index (χ1v) is 7.36. The summed E-state index contributed by atoms with van der Waals surface area (Å²) >= 11 is 5.80. The molecule has 0 fully saturated rings. The van der Waals surface area contributed by atoms with Crippen molar-refractivity contribution in [3.8, 4) is 11.5 Å². The highest BCUT2D eigenvalue weighted by atomic mass is 35.5. The quantitative estimate of drug-likeness (QED) is 0.849. The van der Waals surface area contributed by atoms with Gasteiger partial charge in [0.2, 0.25) is 5.91 Å². The van der Waals surface area contributed by atoms with Crippen molar-refractivity contribution in [2.75, 3.05) is 5.32 Å². The molecule has 0 bridgehead atoms. The van der Waals surface area contributed by atoms with E-state index in [1.165, 1.54) is 12.1 Å². The van der Waals surface area contributed by atoms with Crippen molar-refractivity contribution in [2.24, 2.45) is 5.92 Å². The largest absolute Gasteiger partial charge is 0.478 e. The van der Waals surface area contributed by atoms with Crippen LogP contribution < -0.4 is 10.1 Å². The molecular formula is C17H16ClNO4. The van der Waals surface area contributed by atoms with Crippen LogP contribution in [0, 0.1) is 5.92 Å². The summed E-state index contributed by atoms with van der Waals surface area (Å²) in [6.45, 7) is 3.61. The van der Waals surface area contributed by atoms with E-state index >= 15 is 0 Å². The van der Waals surface area contributed by atoms with Gasteiger partial charge in [-0.25, -0.2) is 4.79 Å². The molecule has 23 heavy (non-hydrogen) atoms. The lowest BCUT2D eigenvalue weighted by atomic mass is 10.2. The Bertz CT molecular complexity index is 726. The normalized spacial score (nSPS) is 10.4. The van der Waals surface area contributed by atoms with Crippen molar-refractivity contribution in [2.45, 2.75) is 13.8 Å². The standard InChI is InChI=1S/C17H16ClNO4/c1-10(2)16(20)19-12-4-6-13(7-5-12)23-15-8-3-11(18)9-14(15)17(21)22/h3-10H,1-2H3,(H,19,20)(H,21,22). The Labute approximate surface area is 138 Å². The van der Waals surface area contributed by atoms with E-state index in [1.807, 2.05) is 0 Å². The summed E-state index contributed by atoms with van der Waals surface area (Å²) in [5.41, 5.74) is 0.625. The molecule has 0 heterocycles. The molecule has 0 aliphatic rings. The lowest BCUT2D eigenvalue weighted by molar-refractivity contribution is -0.118. The molecule has 2 aromatic carbocycles. The van der Waals surface area contributed by atoms with Crippen LogP contribution in [-0.2, 0) is 4.79 Å². The molecule has 0 saturated heterocycles. The van der Waals surface area contributed by atoms with Gasteiger partial charge in [-0.3, -0.25) is 4.79 Å². The van der Waals surface area contributed by atoms with Gasteiger partial charge < -0.3 is 15.2 Å². The average molecular weight is 334 g/mol. The second kappa shape index (κ2) is 7.15. The molecule has 0 atom stereocenters. The van der Waals surface area contributed by atoms with Crippen molar-refractivity contribution in [3.63, 3.8) is 0 Å². The number of hydrogen-bond acceptors (Lipinski definition) is 3. The third-order valence-corrected chi connectivity index (χ3v) is 3.28. The highest BCUT2D eigenvalue weighted by Gasteiger charge is 2.13. The fourth-order valence-corrected chi connectivity index (χ4v) is 1.95. The van der Waals surface area contributed by atoms with Crippen LogP contribution in [0.1, 0.15) is 24.2 Å². The predicted octanol–water partition coefficient (Wildman–Crippen LogP) is 4.43. The Morgan fingerprint density at radius 3 is 2.35 bits per heavy atom. The van der Waals surface area contributed by atoms with Gasteiger partial charge in [0.15, 0.2) is 0 Å². The first-order valence-electron chi connectivity index (χ1n) is 6.98. The number of carbonyl (C=O) groups is 2. The summed E-state index contributed by atoms with van der Waals surface area (Å²) in [5, 5.41) is 12.3. The molecular weight excluding hydrogens is 318 g/mol. The number of carboxylic acids is 1. The zero-order chi connectivity index (χ0) is 17.0. The van der Waals surface area contributed by atoms with Crippen LogP contribution in [-0.4, -0.2) is 17.0 Å². The number of amides is 1. The van der Waals surface area contributed by atoms with Gasteiger partial charge in [0.1, 0.15) is 17.1 Å². The maximum Gasteiger partial charge on any atom is 0.339 e. The summed E-state index contributed by atoms with van der Waals surface area (Å²) in [5.74, 6) is -0.663. The van der Waals surface area contributed by atoms with Gasteiger partial charge in [0, 0.05) is 16.6 Å². The van der Waals surface area contributed by atoms with E-state index in [-0.39, 0.29) is 23.1 Å². The minimum atomic E-state index is -1.12. The molecule has 0 aliphatic carbocycles. The summed E-state index contributed by atoms with van der Waals surface area (Å²) in [6, 6.07) is 11.1. The molecule has 2 rings (SSSR count). The monoisotopic (exact) mass is 333 g/mol. The highest BCUT2D eigenvalue weighted by molar-refractivity contribution is 6.31. The first kappa shape index (κ1) is 16.8. The van der Waals surface area contributed by atoms with E-state index in [2.05, 4.69) is 5.32 Å². The lowest BCUT2D eigenvalue weighted by Gasteiger charge is -2.11. The number of halogens is 1. The van der Waals surface area contributed by atoms with Gasteiger partial charge in [-0.2, -0.15) is 0 Å². The smallest absolute Gasteiger partial charge is 0.339 e. The molecule has 0 radical (unpaired) electrons. The second-order valence-electron chi connectivity index (χ2n) is 5.22. The predicted molar refractivity (Wildman–Crippen MR) is 88.4 cm³/mol. The number of carbonyl (C=O) groups excluding carboxylic acids is 1. The summed E-state index contributed by atoms with van der Waals surface area (Å²) in [7, 11) is 0. The number of ether oxygens (including phenoxy) is 1. The van der Waals surface area contributed by atoms with E-state index in [9.17, 15) is 14.7 Å². The van der Waals surface area contributed by atoms with Crippen molar-refractivity contribution in [1.29, 1.82) is 0 Å². The topological polar surface area (TPSA) is 75.6 Å². The van der Waals surface area contributed by atoms with E-state index in [4.69, 9.17) is 16.3 Å². The van der Waals surface area contributed by atoms with Gasteiger partial charge in [0.05, 0.1) is 0 Å². The van der Waals surface area contributed by atoms with E-state index in [0.29, 0.717) is 16.5 Å². The van der Waals surface area contributed by atoms with Crippen LogP contribution in [0.5, 0.6) is 11.5 Å². The SMILES string of the molecule is CC(C)C(=O)Nc1ccc(Oc2ccc(Cl)cc2C(=O)O)cc1. The maximum absolute atomic E-state index is 11.6. The van der Waals surface area contributed by atoms with Crippen LogP contribution in [0.25, 0.3) is 0 Å². The maximum atomic E-state index is 11.6. The third kappa shape index (κ3) is 4.47. The van der Waals surface area contributed by atoms with E-state index < -0.39 is 5.97 Å². The van der Waals surface area contributed by atoms with Crippen molar-refractivity contribution in [3.05, 3.63) is 53.1 Å². The molecule has 0 aromatic heterocycles. The zero-order valence-corrected chi connectivity index (χ0v) is 13.4. The van der Waals surface area contributed by atoms with Crippen LogP contribution in [0.4, 0.5) is 5.69 Å². The number of nitrogens with one attached hydrogen (secondary N) is 1. The van der Waals surface area contributed by atoms with Gasteiger partial charge in [0.25, 0.3) is 0 Å². The number of carboxylic acid groups (broad SMARTS) is 1. The first-order chi connectivity index (χ1) is 10.9. The Hall–Kier alpha value is -2.53. The highest BCUT2D eigenvalue weighted by Crippen LogP contribution is 2.28. The van der Waals surface area contributed by atoms with Crippen LogP contribution in [0.3, 0.4) is 0 Å². The van der Waals surface area contributed by atoms with Gasteiger partial charge in [-0.15, -0.1) is 0 Å². The summed E-state index contributed by atoms with van der Waals surface area (Å²) in [4.78, 5) is 22.8. The van der Waals surface area contributed by atoms with Crippen molar-refractivity contribution >= 4 is 29.2 Å². The third-order valence-electron chi connectivity index (χ3n) is 3.05. The van der Waals surface area contributed by atoms with Crippen molar-refractivity contribution in [1.82, 2.24) is 0 Å². The Kier molecular flexibility index (Phi) is 5.24. The molecule has 0 saturated carbocycles. The number of anilines is 1. The number of benzene rings is 2. The van der Waals surface area contributed by atoms with E-state index in [0.717, 1.165) is 0 Å². The number of hydrogen-bond donors (Lipinski definition) is 2. The van der Waals surface area contributed by atoms with Gasteiger partial charge in [-0.1, -0.05) is 25.4 Å². The summed E-state index contributed by atoms with van der Waals surface area (Å²) < 4.78 is 5.58. The Balaban J connectivity index is 2.16. The Morgan fingerprint density at radius 2 is 1.78 bits per heavy atom. The van der Waals surface area contributed by atoms with E-state index in [1.54, 1.807) is 44.2 Å². The van der Waals surface area contributed by atoms with Crippen LogP contribution >= 0.6 is 11.6 Å². The van der Waals surface area contributed by atoms with Crippen molar-refractivity contribution < 1.29 is 19.4 Å². The number of rotatable bonds is 5. The average Bonchev–Trinajstić information content (AvgIpc) is 2.50. The lowest BCUT2D eigenvalue weighted by Crippen LogP contribution is -2.17. The molecule has 0 spiro atoms. The minimum Gasteiger partial charge on any atom is -0.478 e. The molecule has 5 nitrogen and oxygen atoms in total. The van der Waals surface area contributed by atoms with Gasteiger partial charge >= 0.3 is 5.97 Å². The number of aromatic carboxylic acids is 1. The fourth-order valence-electron chi connectivity index (χ4n) is 1.78. The van der Waals surface area contributed by atoms with Gasteiger partial charge in [-0.05, 0) is 42.5 Å². The molecule has 1 amide bonds. The molecule has 2 N–H and O–H groups in total. The molecule has 120 valence electrons. The summed E-state index contributed by atoms with van der Waals surface area (Å²) in [6.07, 6.45) is 0.